The molecule has 4 aromatic rings. The fourth-order valence-electron chi connectivity index (χ4n) is 3.18. The molecular weight excluding hydrogens is 404 g/mol. The van der Waals surface area contributed by atoms with E-state index in [1.807, 2.05) is 72.8 Å². The number of hydrogen-bond donors (Lipinski definition) is 2. The van der Waals surface area contributed by atoms with Gasteiger partial charge in [0.25, 0.3) is 0 Å². The van der Waals surface area contributed by atoms with Crippen LogP contribution in [0.1, 0.15) is 5.56 Å². The predicted octanol–water partition coefficient (Wildman–Crippen LogP) is 5.07. The first-order valence-electron chi connectivity index (χ1n) is 10.0. The fourth-order valence-corrected chi connectivity index (χ4v) is 3.18. The van der Waals surface area contributed by atoms with Crippen LogP contribution in [0.15, 0.2) is 79.0 Å². The summed E-state index contributed by atoms with van der Waals surface area (Å²) in [5.41, 5.74) is 10.2. The summed E-state index contributed by atoms with van der Waals surface area (Å²) in [6, 6.07) is 22.9. The number of nitrogen functional groups attached to an aromatic ring is 1. The lowest BCUT2D eigenvalue weighted by Crippen LogP contribution is -2.00. The summed E-state index contributed by atoms with van der Waals surface area (Å²) in [7, 11) is 3.19. The first kappa shape index (κ1) is 21.0. The third-order valence-electron chi connectivity index (χ3n) is 4.84. The molecule has 3 aromatic carbocycles. The highest BCUT2D eigenvalue weighted by atomic mass is 16.5. The van der Waals surface area contributed by atoms with E-state index in [0.717, 1.165) is 22.5 Å². The minimum atomic E-state index is 0.435. The van der Waals surface area contributed by atoms with Crippen LogP contribution < -0.4 is 25.3 Å². The van der Waals surface area contributed by atoms with E-state index in [1.54, 1.807) is 20.4 Å². The second-order valence-electron chi connectivity index (χ2n) is 6.99. The summed E-state index contributed by atoms with van der Waals surface area (Å²) < 4.78 is 16.6. The first-order valence-corrected chi connectivity index (χ1v) is 10.0. The van der Waals surface area contributed by atoms with Gasteiger partial charge in [-0.15, -0.1) is 0 Å². The van der Waals surface area contributed by atoms with Gasteiger partial charge in [-0.1, -0.05) is 36.4 Å². The third kappa shape index (κ3) is 4.89. The largest absolute Gasteiger partial charge is 0.493 e. The Hall–Kier alpha value is -4.26. The molecule has 1 heterocycles. The van der Waals surface area contributed by atoms with Crippen LogP contribution in [-0.4, -0.2) is 24.2 Å². The van der Waals surface area contributed by atoms with Gasteiger partial charge in [-0.05, 0) is 35.9 Å². The van der Waals surface area contributed by atoms with Crippen LogP contribution >= 0.6 is 0 Å². The molecule has 0 spiro atoms. The van der Waals surface area contributed by atoms with Crippen molar-refractivity contribution < 1.29 is 14.2 Å². The molecule has 0 aliphatic rings. The van der Waals surface area contributed by atoms with E-state index in [1.165, 1.54) is 0 Å². The maximum Gasteiger partial charge on any atom is 0.227 e. The molecule has 0 fully saturated rings. The van der Waals surface area contributed by atoms with E-state index in [-0.39, 0.29) is 0 Å². The summed E-state index contributed by atoms with van der Waals surface area (Å²) in [5.74, 6) is 2.34. The van der Waals surface area contributed by atoms with Crippen molar-refractivity contribution in [3.63, 3.8) is 0 Å². The third-order valence-corrected chi connectivity index (χ3v) is 4.84. The summed E-state index contributed by atoms with van der Waals surface area (Å²) in [5, 5.41) is 3.20. The SMILES string of the molecule is COc1ccc(Nc2nccc(-c3ccc(N)c(OCc4ccccc4)c3)n2)cc1OC. The number of nitrogens with one attached hydrogen (secondary N) is 1. The van der Waals surface area contributed by atoms with E-state index in [0.29, 0.717) is 35.5 Å². The van der Waals surface area contributed by atoms with E-state index in [9.17, 15) is 0 Å². The van der Waals surface area contributed by atoms with Gasteiger partial charge in [-0.2, -0.15) is 0 Å². The monoisotopic (exact) mass is 428 g/mol. The van der Waals surface area contributed by atoms with Gasteiger partial charge in [0, 0.05) is 23.5 Å². The standard InChI is InChI=1S/C25H24N4O3/c1-30-22-11-9-19(15-24(22)31-2)28-25-27-13-12-21(29-25)18-8-10-20(26)23(14-18)32-16-17-6-4-3-5-7-17/h3-15H,16,26H2,1-2H3,(H,27,28,29). The van der Waals surface area contributed by atoms with Crippen molar-refractivity contribution in [2.24, 2.45) is 0 Å². The molecule has 0 saturated carbocycles. The highest BCUT2D eigenvalue weighted by Gasteiger charge is 2.09. The van der Waals surface area contributed by atoms with E-state index in [2.05, 4.69) is 15.3 Å². The molecular formula is C25H24N4O3. The number of anilines is 3. The molecule has 1 aromatic heterocycles. The number of nitrogens with two attached hydrogens (primary N) is 1. The molecule has 0 aliphatic heterocycles. The van der Waals surface area contributed by atoms with Gasteiger partial charge in [0.2, 0.25) is 5.95 Å². The second kappa shape index (κ2) is 9.70. The van der Waals surface area contributed by atoms with Crippen molar-refractivity contribution in [2.75, 3.05) is 25.3 Å². The Morgan fingerprint density at radius 2 is 1.66 bits per heavy atom. The van der Waals surface area contributed by atoms with Crippen molar-refractivity contribution in [1.29, 1.82) is 0 Å². The van der Waals surface area contributed by atoms with Gasteiger partial charge in [-0.3, -0.25) is 0 Å². The number of hydrogen-bond acceptors (Lipinski definition) is 7. The van der Waals surface area contributed by atoms with Crippen LogP contribution in [-0.2, 0) is 6.61 Å². The minimum Gasteiger partial charge on any atom is -0.493 e. The predicted molar refractivity (Wildman–Crippen MR) is 125 cm³/mol. The van der Waals surface area contributed by atoms with E-state index < -0.39 is 0 Å². The molecule has 32 heavy (non-hydrogen) atoms. The Bertz CT molecular complexity index is 1200. The molecule has 0 unspecified atom stereocenters. The second-order valence-corrected chi connectivity index (χ2v) is 6.99. The maximum atomic E-state index is 6.12. The Kier molecular flexibility index (Phi) is 6.36. The number of nitrogens with zero attached hydrogens (tertiary/aromatic N) is 2. The smallest absolute Gasteiger partial charge is 0.227 e. The van der Waals surface area contributed by atoms with Gasteiger partial charge in [0.15, 0.2) is 11.5 Å². The zero-order valence-corrected chi connectivity index (χ0v) is 17.9. The maximum absolute atomic E-state index is 6.12. The Balaban J connectivity index is 1.54. The molecule has 162 valence electrons. The Morgan fingerprint density at radius 3 is 2.44 bits per heavy atom. The topological polar surface area (TPSA) is 91.5 Å². The summed E-state index contributed by atoms with van der Waals surface area (Å²) in [6.45, 7) is 0.435. The Labute approximate surface area is 186 Å². The van der Waals surface area contributed by atoms with Gasteiger partial charge in [-0.25, -0.2) is 9.97 Å². The van der Waals surface area contributed by atoms with E-state index >= 15 is 0 Å². The molecule has 7 heteroatoms. The number of benzene rings is 3. The van der Waals surface area contributed by atoms with Gasteiger partial charge in [0.05, 0.1) is 25.6 Å². The summed E-state index contributed by atoms with van der Waals surface area (Å²) >= 11 is 0. The van der Waals surface area contributed by atoms with Crippen molar-refractivity contribution in [2.45, 2.75) is 6.61 Å². The molecule has 4 rings (SSSR count). The highest BCUT2D eigenvalue weighted by Crippen LogP contribution is 2.32. The molecule has 0 atom stereocenters. The van der Waals surface area contributed by atoms with Crippen molar-refractivity contribution in [3.05, 3.63) is 84.6 Å². The minimum absolute atomic E-state index is 0.435. The Morgan fingerprint density at radius 1 is 0.844 bits per heavy atom. The van der Waals surface area contributed by atoms with Crippen LogP contribution in [0.4, 0.5) is 17.3 Å². The zero-order valence-electron chi connectivity index (χ0n) is 17.9. The molecule has 0 bridgehead atoms. The highest BCUT2D eigenvalue weighted by molar-refractivity contribution is 5.68. The summed E-state index contributed by atoms with van der Waals surface area (Å²) in [6.07, 6.45) is 1.70. The van der Waals surface area contributed by atoms with Crippen LogP contribution in [0.3, 0.4) is 0 Å². The quantitative estimate of drug-likeness (QED) is 0.379. The zero-order chi connectivity index (χ0) is 22.3. The normalized spacial score (nSPS) is 10.4. The fraction of sp³-hybridized carbons (Fsp3) is 0.120. The molecule has 0 saturated heterocycles. The molecule has 7 nitrogen and oxygen atoms in total. The van der Waals surface area contributed by atoms with Crippen molar-refractivity contribution in [1.82, 2.24) is 9.97 Å². The molecule has 0 radical (unpaired) electrons. The molecule has 0 amide bonds. The average molecular weight is 428 g/mol. The van der Waals surface area contributed by atoms with Crippen molar-refractivity contribution in [3.8, 4) is 28.5 Å². The first-order chi connectivity index (χ1) is 15.7. The lowest BCUT2D eigenvalue weighted by Gasteiger charge is -2.12. The van der Waals surface area contributed by atoms with Crippen LogP contribution in [0.5, 0.6) is 17.2 Å². The van der Waals surface area contributed by atoms with E-state index in [4.69, 9.17) is 19.9 Å². The van der Waals surface area contributed by atoms with Crippen LogP contribution in [0.2, 0.25) is 0 Å². The molecule has 3 N–H and O–H groups in total. The number of methoxy groups -OCH3 is 2. The van der Waals surface area contributed by atoms with Crippen molar-refractivity contribution >= 4 is 17.3 Å². The number of rotatable bonds is 8. The lowest BCUT2D eigenvalue weighted by molar-refractivity contribution is 0.308. The average Bonchev–Trinajstić information content (AvgIpc) is 2.84. The summed E-state index contributed by atoms with van der Waals surface area (Å²) in [4.78, 5) is 8.96. The lowest BCUT2D eigenvalue weighted by atomic mass is 10.1. The van der Waals surface area contributed by atoms with Gasteiger partial charge in [0.1, 0.15) is 12.4 Å². The van der Waals surface area contributed by atoms with Crippen LogP contribution in [0.25, 0.3) is 11.3 Å². The molecule has 0 aliphatic carbocycles. The van der Waals surface area contributed by atoms with Gasteiger partial charge >= 0.3 is 0 Å². The van der Waals surface area contributed by atoms with Crippen LogP contribution in [0, 0.1) is 0 Å². The number of ether oxygens (including phenoxy) is 3. The van der Waals surface area contributed by atoms with Gasteiger partial charge < -0.3 is 25.3 Å². The number of aromatic nitrogens is 2.